The normalized spacial score (nSPS) is 11.1. The Morgan fingerprint density at radius 2 is 2.16 bits per heavy atom. The summed E-state index contributed by atoms with van der Waals surface area (Å²) in [5.74, 6) is 2.02. The third-order valence-electron chi connectivity index (χ3n) is 2.77. The molecule has 0 aromatic carbocycles. The lowest BCUT2D eigenvalue weighted by Crippen LogP contribution is -2.01. The van der Waals surface area contributed by atoms with Gasteiger partial charge < -0.3 is 9.73 Å². The van der Waals surface area contributed by atoms with Gasteiger partial charge in [-0.25, -0.2) is 9.50 Å². The molecule has 3 aromatic rings. The lowest BCUT2D eigenvalue weighted by molar-refractivity contribution is 0.478. The van der Waals surface area contributed by atoms with Crippen molar-refractivity contribution in [2.45, 2.75) is 20.4 Å². The first-order valence-corrected chi connectivity index (χ1v) is 6.60. The molecule has 1 N–H and O–H groups in total. The highest BCUT2D eigenvalue weighted by Gasteiger charge is 2.07. The van der Waals surface area contributed by atoms with Crippen molar-refractivity contribution >= 4 is 27.5 Å². The molecule has 6 nitrogen and oxygen atoms in total. The quantitative estimate of drug-likeness (QED) is 0.803. The number of hydrogen-bond acceptors (Lipinski definition) is 5. The van der Waals surface area contributed by atoms with Crippen LogP contribution in [0.4, 0.5) is 5.95 Å². The minimum atomic E-state index is 0.465. The largest absolute Gasteiger partial charge is 0.444 e. The number of oxazole rings is 1. The number of nitrogens with zero attached hydrogens (tertiary/aromatic N) is 4. The zero-order chi connectivity index (χ0) is 13.4. The summed E-state index contributed by atoms with van der Waals surface area (Å²) in [6, 6.07) is 3.82. The molecular formula is C12H12BrN5O. The predicted molar refractivity (Wildman–Crippen MR) is 74.0 cm³/mol. The second-order valence-corrected chi connectivity index (χ2v) is 5.10. The zero-order valence-corrected chi connectivity index (χ0v) is 12.1. The van der Waals surface area contributed by atoms with Gasteiger partial charge in [0.2, 0.25) is 11.8 Å². The van der Waals surface area contributed by atoms with E-state index in [0.717, 1.165) is 21.6 Å². The summed E-state index contributed by atoms with van der Waals surface area (Å²) in [6.07, 6.45) is 1.85. The highest BCUT2D eigenvalue weighted by Crippen LogP contribution is 2.13. The average Bonchev–Trinajstić information content (AvgIpc) is 2.90. The van der Waals surface area contributed by atoms with Gasteiger partial charge in [-0.15, -0.1) is 5.10 Å². The maximum atomic E-state index is 5.49. The summed E-state index contributed by atoms with van der Waals surface area (Å²) in [5.41, 5.74) is 1.69. The average molecular weight is 322 g/mol. The van der Waals surface area contributed by atoms with Gasteiger partial charge in [-0.05, 0) is 41.9 Å². The van der Waals surface area contributed by atoms with Gasteiger partial charge in [0.1, 0.15) is 5.76 Å². The van der Waals surface area contributed by atoms with E-state index in [1.54, 1.807) is 4.52 Å². The summed E-state index contributed by atoms with van der Waals surface area (Å²) >= 11 is 3.39. The van der Waals surface area contributed by atoms with Crippen LogP contribution >= 0.6 is 15.9 Å². The lowest BCUT2D eigenvalue weighted by Gasteiger charge is -1.95. The van der Waals surface area contributed by atoms with E-state index in [9.17, 15) is 0 Å². The summed E-state index contributed by atoms with van der Waals surface area (Å²) in [4.78, 5) is 8.64. The van der Waals surface area contributed by atoms with Crippen LogP contribution in [0.1, 0.15) is 17.3 Å². The van der Waals surface area contributed by atoms with E-state index in [0.29, 0.717) is 18.4 Å². The third kappa shape index (κ3) is 2.46. The molecule has 98 valence electrons. The molecular weight excluding hydrogens is 310 g/mol. The predicted octanol–water partition coefficient (Wildman–Crippen LogP) is 2.71. The van der Waals surface area contributed by atoms with Crippen molar-refractivity contribution in [2.75, 3.05) is 5.32 Å². The summed E-state index contributed by atoms with van der Waals surface area (Å²) < 4.78 is 8.15. The Kier molecular flexibility index (Phi) is 2.98. The van der Waals surface area contributed by atoms with Crippen molar-refractivity contribution in [3.8, 4) is 0 Å². The molecule has 0 atom stereocenters. The van der Waals surface area contributed by atoms with Gasteiger partial charge in [0, 0.05) is 10.7 Å². The number of pyridine rings is 1. The Balaban J connectivity index is 1.78. The zero-order valence-electron chi connectivity index (χ0n) is 10.5. The SMILES string of the molecule is Cc1nc(CNc2nc3ccc(Br)cn3n2)oc1C. The Hall–Kier alpha value is -1.89. The molecule has 0 radical (unpaired) electrons. The highest BCUT2D eigenvalue weighted by molar-refractivity contribution is 9.10. The first-order valence-electron chi connectivity index (χ1n) is 5.80. The number of fused-ring (bicyclic) bond motifs is 1. The first kappa shape index (κ1) is 12.2. The maximum absolute atomic E-state index is 5.49. The van der Waals surface area contributed by atoms with Gasteiger partial charge in [-0.3, -0.25) is 0 Å². The van der Waals surface area contributed by atoms with Crippen molar-refractivity contribution < 1.29 is 4.42 Å². The van der Waals surface area contributed by atoms with Crippen molar-refractivity contribution in [3.63, 3.8) is 0 Å². The van der Waals surface area contributed by atoms with Gasteiger partial charge in [-0.1, -0.05) is 0 Å². The monoisotopic (exact) mass is 321 g/mol. The summed E-state index contributed by atoms with van der Waals surface area (Å²) in [5, 5.41) is 7.41. The molecule has 0 unspecified atom stereocenters. The second kappa shape index (κ2) is 4.65. The van der Waals surface area contributed by atoms with E-state index < -0.39 is 0 Å². The third-order valence-corrected chi connectivity index (χ3v) is 3.23. The molecule has 3 aromatic heterocycles. The van der Waals surface area contributed by atoms with Crippen LogP contribution in [0.3, 0.4) is 0 Å². The van der Waals surface area contributed by atoms with Crippen LogP contribution in [-0.2, 0) is 6.54 Å². The van der Waals surface area contributed by atoms with Crippen LogP contribution in [0.15, 0.2) is 27.2 Å². The molecule has 0 aliphatic heterocycles. The Labute approximate surface area is 118 Å². The number of hydrogen-bond donors (Lipinski definition) is 1. The van der Waals surface area contributed by atoms with E-state index in [1.807, 2.05) is 32.2 Å². The number of halogens is 1. The summed E-state index contributed by atoms with van der Waals surface area (Å²) in [6.45, 7) is 4.28. The fourth-order valence-corrected chi connectivity index (χ4v) is 2.03. The number of aryl methyl sites for hydroxylation is 2. The molecule has 3 heterocycles. The van der Waals surface area contributed by atoms with Crippen LogP contribution in [0.5, 0.6) is 0 Å². The number of aromatic nitrogens is 4. The number of anilines is 1. The van der Waals surface area contributed by atoms with Gasteiger partial charge in [0.25, 0.3) is 0 Å². The Morgan fingerprint density at radius 3 is 2.89 bits per heavy atom. The molecule has 0 bridgehead atoms. The smallest absolute Gasteiger partial charge is 0.243 e. The molecule has 0 saturated heterocycles. The molecule has 3 rings (SSSR count). The van der Waals surface area contributed by atoms with E-state index in [1.165, 1.54) is 0 Å². The minimum Gasteiger partial charge on any atom is -0.444 e. The Bertz CT molecular complexity index is 713. The van der Waals surface area contributed by atoms with Crippen LogP contribution in [0, 0.1) is 13.8 Å². The van der Waals surface area contributed by atoms with Crippen molar-refractivity contribution in [1.82, 2.24) is 19.6 Å². The fourth-order valence-electron chi connectivity index (χ4n) is 1.70. The molecule has 0 fully saturated rings. The number of rotatable bonds is 3. The van der Waals surface area contributed by atoms with Gasteiger partial charge in [0.05, 0.1) is 12.2 Å². The molecule has 0 saturated carbocycles. The first-order chi connectivity index (χ1) is 9.11. The standard InChI is InChI=1S/C12H12BrN5O/c1-7-8(2)19-11(15-7)5-14-12-16-10-4-3-9(13)6-18(10)17-12/h3-4,6H,5H2,1-2H3,(H,14,17). The number of nitrogens with one attached hydrogen (secondary N) is 1. The highest BCUT2D eigenvalue weighted by atomic mass is 79.9. The molecule has 0 aliphatic rings. The van der Waals surface area contributed by atoms with Crippen molar-refractivity contribution in [1.29, 1.82) is 0 Å². The van der Waals surface area contributed by atoms with Crippen LogP contribution in [0.25, 0.3) is 5.65 Å². The van der Waals surface area contributed by atoms with Crippen LogP contribution < -0.4 is 5.32 Å². The van der Waals surface area contributed by atoms with Gasteiger partial charge in [-0.2, -0.15) is 4.98 Å². The van der Waals surface area contributed by atoms with Gasteiger partial charge >= 0.3 is 0 Å². The molecule has 0 spiro atoms. The Morgan fingerprint density at radius 1 is 1.32 bits per heavy atom. The van der Waals surface area contributed by atoms with Crippen molar-refractivity contribution in [2.24, 2.45) is 0 Å². The molecule has 7 heteroatoms. The van der Waals surface area contributed by atoms with Crippen LogP contribution in [0.2, 0.25) is 0 Å². The fraction of sp³-hybridized carbons (Fsp3) is 0.250. The topological polar surface area (TPSA) is 68.2 Å². The summed E-state index contributed by atoms with van der Waals surface area (Å²) in [7, 11) is 0. The molecule has 0 amide bonds. The lowest BCUT2D eigenvalue weighted by atomic mass is 10.4. The van der Waals surface area contributed by atoms with E-state index >= 15 is 0 Å². The van der Waals surface area contributed by atoms with E-state index in [4.69, 9.17) is 4.42 Å². The second-order valence-electron chi connectivity index (χ2n) is 4.19. The van der Waals surface area contributed by atoms with Crippen LogP contribution in [-0.4, -0.2) is 19.6 Å². The minimum absolute atomic E-state index is 0.465. The van der Waals surface area contributed by atoms with Gasteiger partial charge in [0.15, 0.2) is 5.65 Å². The van der Waals surface area contributed by atoms with E-state index in [2.05, 4.69) is 36.3 Å². The maximum Gasteiger partial charge on any atom is 0.243 e. The van der Waals surface area contributed by atoms with E-state index in [-0.39, 0.29) is 0 Å². The molecule has 19 heavy (non-hydrogen) atoms. The molecule has 0 aliphatic carbocycles. The van der Waals surface area contributed by atoms with Crippen molar-refractivity contribution in [3.05, 3.63) is 40.1 Å².